The van der Waals surface area contributed by atoms with Gasteiger partial charge in [0.05, 0.1) is 52.6 Å². The molecule has 0 spiro atoms. The number of esters is 4. The van der Waals surface area contributed by atoms with Crippen LogP contribution in [0, 0.1) is 0 Å². The molecule has 16 heteroatoms. The molecule has 260 valence electrons. The normalized spacial score (nSPS) is 8.96. The number of methoxy groups -OCH3 is 1. The van der Waals surface area contributed by atoms with Crippen molar-refractivity contribution in [2.75, 3.05) is 26.9 Å². The zero-order chi connectivity index (χ0) is 36.8. The summed E-state index contributed by atoms with van der Waals surface area (Å²) in [6.45, 7) is 19.2. The van der Waals surface area contributed by atoms with E-state index in [0.29, 0.717) is 13.2 Å². The number of hydrogen-bond donors (Lipinski definition) is 4. The third-order valence-electron chi connectivity index (χ3n) is 4.40. The monoisotopic (exact) mass is 660 g/mol. The van der Waals surface area contributed by atoms with Crippen LogP contribution in [0.25, 0.3) is 0 Å². The maximum absolute atomic E-state index is 10.9. The van der Waals surface area contributed by atoms with Gasteiger partial charge in [-0.05, 0) is 19.8 Å². The molecule has 16 nitrogen and oxygen atoms in total. The Morgan fingerprint density at radius 2 is 0.783 bits per heavy atom. The fraction of sp³-hybridized carbons (Fsp3) is 0.467. The van der Waals surface area contributed by atoms with Crippen molar-refractivity contribution < 1.29 is 77.7 Å². The number of carboxylic acids is 4. The van der Waals surface area contributed by atoms with Crippen LogP contribution in [0.15, 0.2) is 48.6 Å². The average molecular weight is 661 g/mol. The van der Waals surface area contributed by atoms with Crippen molar-refractivity contribution in [2.45, 2.75) is 65.7 Å². The first kappa shape index (κ1) is 47.6. The fourth-order valence-electron chi connectivity index (χ4n) is 1.93. The molecule has 0 aromatic rings. The lowest BCUT2D eigenvalue weighted by Gasteiger charge is -2.02. The standard InChI is InChI=1S/C9H14O4.C8H12O4.C7H10O4.C6H8O4/c1-3-4-5-13-8(10)6-7(2)9(11)12;1-3-4-12-7(9)5-6(2)8(10)11;1-3-11-6(8)4-5(2)7(9)10;1-4(6(8)9)3-5(7)10-2/h2-6H2,1H3,(H,11,12);2-5H2,1H3,(H,10,11);2-4H2,1H3,(H,9,10);1,3H2,2H3,(H,8,9). The predicted octanol–water partition coefficient (Wildman–Crippen LogP) is 3.10. The van der Waals surface area contributed by atoms with Gasteiger partial charge in [0.1, 0.15) is 0 Å². The highest BCUT2D eigenvalue weighted by molar-refractivity contribution is 5.93. The van der Waals surface area contributed by atoms with Crippen molar-refractivity contribution >= 4 is 47.8 Å². The van der Waals surface area contributed by atoms with Crippen LogP contribution in [-0.4, -0.2) is 95.1 Å². The van der Waals surface area contributed by atoms with E-state index < -0.39 is 47.8 Å². The Morgan fingerprint density at radius 1 is 0.478 bits per heavy atom. The molecule has 0 fully saturated rings. The van der Waals surface area contributed by atoms with Crippen LogP contribution in [0.2, 0.25) is 0 Å². The number of carbonyl (C=O) groups is 8. The van der Waals surface area contributed by atoms with Gasteiger partial charge in [-0.15, -0.1) is 0 Å². The van der Waals surface area contributed by atoms with Gasteiger partial charge in [-0.25, -0.2) is 19.2 Å². The second-order valence-corrected chi connectivity index (χ2v) is 8.52. The second kappa shape index (κ2) is 29.8. The molecule has 0 saturated heterocycles. The number of hydrogen-bond acceptors (Lipinski definition) is 12. The van der Waals surface area contributed by atoms with Gasteiger partial charge in [-0.1, -0.05) is 46.6 Å². The molecule has 0 heterocycles. The summed E-state index contributed by atoms with van der Waals surface area (Å²) in [4.78, 5) is 83.3. The average Bonchev–Trinajstić information content (AvgIpc) is 2.96. The highest BCUT2D eigenvalue weighted by Crippen LogP contribution is 2.02. The zero-order valence-electron chi connectivity index (χ0n) is 26.6. The maximum Gasteiger partial charge on any atom is 0.331 e. The van der Waals surface area contributed by atoms with Gasteiger partial charge in [-0.3, -0.25) is 19.2 Å². The molecule has 0 atom stereocenters. The lowest BCUT2D eigenvalue weighted by Crippen LogP contribution is -2.10. The summed E-state index contributed by atoms with van der Waals surface area (Å²) in [5, 5.41) is 33.3. The summed E-state index contributed by atoms with van der Waals surface area (Å²) in [5.74, 6) is -6.88. The van der Waals surface area contributed by atoms with E-state index in [9.17, 15) is 38.4 Å². The number of rotatable bonds is 18. The van der Waals surface area contributed by atoms with Gasteiger partial charge in [0.2, 0.25) is 0 Å². The molecular weight excluding hydrogens is 616 g/mol. The Morgan fingerprint density at radius 3 is 1.04 bits per heavy atom. The molecule has 46 heavy (non-hydrogen) atoms. The minimum atomic E-state index is -1.18. The Balaban J connectivity index is -0.000000257. The molecule has 0 amide bonds. The molecule has 0 unspecified atom stereocenters. The molecule has 0 saturated carbocycles. The summed E-state index contributed by atoms with van der Waals surface area (Å²) in [7, 11) is 1.19. The Hall–Kier alpha value is -5.28. The van der Waals surface area contributed by atoms with Gasteiger partial charge in [0.25, 0.3) is 0 Å². The first-order valence-electron chi connectivity index (χ1n) is 13.5. The smallest absolute Gasteiger partial charge is 0.331 e. The number of ether oxygens (including phenoxy) is 4. The van der Waals surface area contributed by atoms with Gasteiger partial charge in [-0.2, -0.15) is 0 Å². The Labute approximate surface area is 267 Å². The molecule has 0 aliphatic carbocycles. The van der Waals surface area contributed by atoms with E-state index in [-0.39, 0.29) is 54.6 Å². The molecule has 0 aromatic carbocycles. The minimum absolute atomic E-state index is 0.138. The van der Waals surface area contributed by atoms with Crippen LogP contribution in [0.5, 0.6) is 0 Å². The van der Waals surface area contributed by atoms with Crippen molar-refractivity contribution in [3.63, 3.8) is 0 Å². The number of carbonyl (C=O) groups excluding carboxylic acids is 4. The van der Waals surface area contributed by atoms with Gasteiger partial charge < -0.3 is 39.4 Å². The van der Waals surface area contributed by atoms with Crippen LogP contribution >= 0.6 is 0 Å². The van der Waals surface area contributed by atoms with Crippen LogP contribution in [0.4, 0.5) is 0 Å². The van der Waals surface area contributed by atoms with Crippen molar-refractivity contribution in [1.29, 1.82) is 0 Å². The number of unbranched alkanes of at least 4 members (excludes halogenated alkanes) is 1. The van der Waals surface area contributed by atoms with Crippen LogP contribution < -0.4 is 0 Å². The van der Waals surface area contributed by atoms with Gasteiger partial charge >= 0.3 is 47.8 Å². The summed E-state index contributed by atoms with van der Waals surface area (Å²) in [6, 6.07) is 0. The van der Waals surface area contributed by atoms with E-state index >= 15 is 0 Å². The molecule has 4 N–H and O–H groups in total. The molecule has 0 aliphatic heterocycles. The Kier molecular flexibility index (Phi) is 30.8. The Bertz CT molecular complexity index is 1100. The van der Waals surface area contributed by atoms with Gasteiger partial charge in [0, 0.05) is 22.3 Å². The highest BCUT2D eigenvalue weighted by atomic mass is 16.5. The first-order chi connectivity index (χ1) is 21.3. The van der Waals surface area contributed by atoms with Crippen molar-refractivity contribution in [2.24, 2.45) is 0 Å². The zero-order valence-corrected chi connectivity index (χ0v) is 26.6. The van der Waals surface area contributed by atoms with Crippen molar-refractivity contribution in [3.05, 3.63) is 48.6 Å². The quantitative estimate of drug-likeness (QED) is 0.0712. The van der Waals surface area contributed by atoms with E-state index in [1.54, 1.807) is 6.92 Å². The minimum Gasteiger partial charge on any atom is -0.478 e. The molecule has 0 aliphatic rings. The van der Waals surface area contributed by atoms with Gasteiger partial charge in [0.15, 0.2) is 0 Å². The van der Waals surface area contributed by atoms with E-state index in [1.165, 1.54) is 7.11 Å². The lowest BCUT2D eigenvalue weighted by atomic mass is 10.2. The molecule has 0 aromatic heterocycles. The highest BCUT2D eigenvalue weighted by Gasteiger charge is 2.12. The predicted molar refractivity (Wildman–Crippen MR) is 161 cm³/mol. The van der Waals surface area contributed by atoms with Crippen molar-refractivity contribution in [3.8, 4) is 0 Å². The molecular formula is C30H44O16. The fourth-order valence-corrected chi connectivity index (χ4v) is 1.93. The van der Waals surface area contributed by atoms with Crippen LogP contribution in [-0.2, 0) is 57.3 Å². The lowest BCUT2D eigenvalue weighted by molar-refractivity contribution is -0.145. The molecule has 0 rings (SSSR count). The summed E-state index contributed by atoms with van der Waals surface area (Å²) in [5.41, 5.74) is -0.590. The topological polar surface area (TPSA) is 254 Å². The second-order valence-electron chi connectivity index (χ2n) is 8.52. The summed E-state index contributed by atoms with van der Waals surface area (Å²) < 4.78 is 18.1. The SMILES string of the molecule is C=C(CC(=O)OC)C(=O)O.C=C(CC(=O)OCC)C(=O)O.C=C(CC(=O)OCCC)C(=O)O.C=C(CC(=O)OCCCC)C(=O)O. The van der Waals surface area contributed by atoms with Crippen LogP contribution in [0.3, 0.4) is 0 Å². The van der Waals surface area contributed by atoms with E-state index in [1.807, 2.05) is 13.8 Å². The largest absolute Gasteiger partial charge is 0.478 e. The van der Waals surface area contributed by atoms with Crippen LogP contribution in [0.1, 0.15) is 65.7 Å². The van der Waals surface area contributed by atoms with Crippen molar-refractivity contribution in [1.82, 2.24) is 0 Å². The van der Waals surface area contributed by atoms with E-state index in [4.69, 9.17) is 25.2 Å². The third kappa shape index (κ3) is 33.2. The summed E-state index contributed by atoms with van der Waals surface area (Å²) in [6.07, 6.45) is 1.48. The molecule has 0 bridgehead atoms. The van der Waals surface area contributed by atoms with E-state index in [2.05, 4.69) is 40.5 Å². The third-order valence-corrected chi connectivity index (χ3v) is 4.40. The van der Waals surface area contributed by atoms with E-state index in [0.717, 1.165) is 19.3 Å². The first-order valence-corrected chi connectivity index (χ1v) is 13.5. The maximum atomic E-state index is 10.9. The number of aliphatic carboxylic acids is 4. The summed E-state index contributed by atoms with van der Waals surface area (Å²) >= 11 is 0. The molecule has 0 radical (unpaired) electrons. The number of carboxylic acid groups (broad SMARTS) is 4.